The van der Waals surface area contributed by atoms with E-state index in [1.807, 2.05) is 33.8 Å². The van der Waals surface area contributed by atoms with Crippen molar-refractivity contribution in [1.82, 2.24) is 9.55 Å². The molecule has 0 amide bonds. The first-order chi connectivity index (χ1) is 16.6. The van der Waals surface area contributed by atoms with Gasteiger partial charge in [0.25, 0.3) is 5.56 Å². The molecule has 182 valence electrons. The van der Waals surface area contributed by atoms with Gasteiger partial charge >= 0.3 is 0 Å². The lowest BCUT2D eigenvalue weighted by Crippen LogP contribution is -2.26. The summed E-state index contributed by atoms with van der Waals surface area (Å²) in [7, 11) is 1.45. The lowest BCUT2D eigenvalue weighted by atomic mass is 10.00. The van der Waals surface area contributed by atoms with Crippen molar-refractivity contribution in [3.05, 3.63) is 50.8 Å². The molecule has 1 N–H and O–H groups in total. The summed E-state index contributed by atoms with van der Waals surface area (Å²) in [5.41, 5.74) is 3.59. The number of halogens is 1. The van der Waals surface area contributed by atoms with Gasteiger partial charge in [-0.1, -0.05) is 27.7 Å². The molecule has 2 aromatic heterocycles. The van der Waals surface area contributed by atoms with Crippen molar-refractivity contribution in [1.29, 1.82) is 0 Å². The highest BCUT2D eigenvalue weighted by Crippen LogP contribution is 2.42. The predicted octanol–water partition coefficient (Wildman–Crippen LogP) is 4.32. The van der Waals surface area contributed by atoms with E-state index >= 15 is 0 Å². The van der Waals surface area contributed by atoms with Gasteiger partial charge in [-0.15, -0.1) is 11.6 Å². The van der Waals surface area contributed by atoms with Crippen LogP contribution in [0.15, 0.2) is 23.0 Å². The molecule has 8 nitrogen and oxygen atoms in total. The van der Waals surface area contributed by atoms with E-state index in [2.05, 4.69) is 0 Å². The van der Waals surface area contributed by atoms with Gasteiger partial charge in [0.1, 0.15) is 6.10 Å². The molecule has 0 bridgehead atoms. The van der Waals surface area contributed by atoms with Crippen molar-refractivity contribution in [2.75, 3.05) is 13.9 Å². The molecule has 0 saturated carbocycles. The van der Waals surface area contributed by atoms with E-state index in [4.69, 9.17) is 30.8 Å². The Balaban J connectivity index is 0.000000771. The molecule has 1 aromatic carbocycles. The van der Waals surface area contributed by atoms with E-state index in [0.717, 1.165) is 16.5 Å². The van der Waals surface area contributed by atoms with Crippen LogP contribution in [0, 0.1) is 0 Å². The average Bonchev–Trinajstić information content (AvgIpc) is 3.49. The summed E-state index contributed by atoms with van der Waals surface area (Å²) in [5, 5.41) is 11.0. The topological polar surface area (TPSA) is 99.9 Å². The fourth-order valence-corrected chi connectivity index (χ4v) is 4.44. The number of hydrogen-bond donors (Lipinski definition) is 1. The second-order valence-corrected chi connectivity index (χ2v) is 7.41. The SMILES string of the molecule is CC.CC.COCc1c(C(O)C=O)cc2n(c1=O)Cc1c-2nc2cc3c(cc2c1CCl)OCO3. The van der Waals surface area contributed by atoms with Crippen LogP contribution in [0.1, 0.15) is 56.1 Å². The number of aliphatic hydroxyl groups excluding tert-OH is 1. The van der Waals surface area contributed by atoms with Crippen molar-refractivity contribution in [3.63, 3.8) is 0 Å². The van der Waals surface area contributed by atoms with E-state index < -0.39 is 6.10 Å². The number of methoxy groups -OCH3 is 1. The second kappa shape index (κ2) is 11.0. The minimum atomic E-state index is -1.43. The molecular formula is C25H29ClN2O6. The second-order valence-electron chi connectivity index (χ2n) is 7.14. The fraction of sp³-hybridized carbons (Fsp3) is 0.400. The molecular weight excluding hydrogens is 460 g/mol. The number of aromatic nitrogens is 2. The first kappa shape index (κ1) is 25.7. The fourth-order valence-electron chi connectivity index (χ4n) is 4.14. The molecule has 4 heterocycles. The highest BCUT2D eigenvalue weighted by atomic mass is 35.5. The van der Waals surface area contributed by atoms with Gasteiger partial charge in [-0.05, 0) is 17.7 Å². The van der Waals surface area contributed by atoms with Gasteiger partial charge in [-0.25, -0.2) is 4.98 Å². The molecule has 9 heteroatoms. The molecule has 34 heavy (non-hydrogen) atoms. The molecule has 0 aliphatic carbocycles. The third kappa shape index (κ3) is 4.17. The summed E-state index contributed by atoms with van der Waals surface area (Å²) in [5.74, 6) is 1.44. The maximum Gasteiger partial charge on any atom is 0.257 e. The van der Waals surface area contributed by atoms with Crippen molar-refractivity contribution in [2.45, 2.75) is 52.8 Å². The van der Waals surface area contributed by atoms with E-state index in [1.54, 1.807) is 16.7 Å². The smallest absolute Gasteiger partial charge is 0.257 e. The van der Waals surface area contributed by atoms with Crippen molar-refractivity contribution >= 4 is 28.8 Å². The Kier molecular flexibility index (Phi) is 8.30. The highest BCUT2D eigenvalue weighted by molar-refractivity contribution is 6.18. The summed E-state index contributed by atoms with van der Waals surface area (Å²) < 4.78 is 17.6. The van der Waals surface area contributed by atoms with Crippen LogP contribution >= 0.6 is 11.6 Å². The number of aliphatic hydroxyl groups is 1. The quantitative estimate of drug-likeness (QED) is 0.330. The predicted molar refractivity (Wildman–Crippen MR) is 131 cm³/mol. The molecule has 1 atom stereocenters. The van der Waals surface area contributed by atoms with Gasteiger partial charge < -0.3 is 28.7 Å². The molecule has 0 fully saturated rings. The van der Waals surface area contributed by atoms with Crippen LogP contribution in [0.4, 0.5) is 0 Å². The normalized spacial score (nSPS) is 13.3. The first-order valence-corrected chi connectivity index (χ1v) is 11.8. The summed E-state index contributed by atoms with van der Waals surface area (Å²) >= 11 is 6.31. The zero-order valence-electron chi connectivity index (χ0n) is 20.0. The highest BCUT2D eigenvalue weighted by Gasteiger charge is 2.30. The van der Waals surface area contributed by atoms with Crippen molar-refractivity contribution in [2.24, 2.45) is 0 Å². The van der Waals surface area contributed by atoms with E-state index in [9.17, 15) is 14.7 Å². The van der Waals surface area contributed by atoms with E-state index in [0.29, 0.717) is 34.7 Å². The minimum Gasteiger partial charge on any atom is -0.454 e. The number of benzene rings is 1. The number of hydrogen-bond acceptors (Lipinski definition) is 7. The van der Waals surface area contributed by atoms with Crippen LogP contribution in [0.3, 0.4) is 0 Å². The zero-order chi connectivity index (χ0) is 25.0. The summed E-state index contributed by atoms with van der Waals surface area (Å²) in [4.78, 5) is 29.2. The number of aldehydes is 1. The Labute approximate surface area is 203 Å². The Morgan fingerprint density at radius 3 is 2.47 bits per heavy atom. The number of pyridine rings is 2. The largest absolute Gasteiger partial charge is 0.454 e. The van der Waals surface area contributed by atoms with Gasteiger partial charge in [0.2, 0.25) is 6.79 Å². The summed E-state index contributed by atoms with van der Waals surface area (Å²) in [6.45, 7) is 8.42. The first-order valence-electron chi connectivity index (χ1n) is 11.3. The maximum absolute atomic E-state index is 13.2. The molecule has 0 spiro atoms. The number of alkyl halides is 1. The Morgan fingerprint density at radius 1 is 1.18 bits per heavy atom. The summed E-state index contributed by atoms with van der Waals surface area (Å²) in [6, 6.07) is 5.27. The van der Waals surface area contributed by atoms with Gasteiger partial charge in [-0.2, -0.15) is 0 Å². The van der Waals surface area contributed by atoms with Gasteiger partial charge in [0.15, 0.2) is 17.8 Å². The number of rotatable bonds is 5. The summed E-state index contributed by atoms with van der Waals surface area (Å²) in [6.07, 6.45) is -1.04. The Bertz CT molecular complexity index is 1270. The van der Waals surface area contributed by atoms with Gasteiger partial charge in [-0.3, -0.25) is 4.79 Å². The zero-order valence-corrected chi connectivity index (χ0v) is 20.7. The molecule has 3 aromatic rings. The third-order valence-corrected chi connectivity index (χ3v) is 5.83. The Hall–Kier alpha value is -2.94. The van der Waals surface area contributed by atoms with E-state index in [-0.39, 0.29) is 42.5 Å². The number of carbonyl (C=O) groups is 1. The molecule has 2 aliphatic rings. The molecule has 0 radical (unpaired) electrons. The van der Waals surface area contributed by atoms with Crippen LogP contribution in [0.2, 0.25) is 0 Å². The number of ether oxygens (including phenoxy) is 3. The maximum atomic E-state index is 13.2. The van der Waals surface area contributed by atoms with E-state index in [1.165, 1.54) is 7.11 Å². The number of fused-ring (bicyclic) bond motifs is 5. The minimum absolute atomic E-state index is 0.0190. The molecule has 0 saturated heterocycles. The molecule has 2 aliphatic heterocycles. The van der Waals surface area contributed by atoms with Crippen LogP contribution in [-0.4, -0.2) is 34.8 Å². The van der Waals surface area contributed by atoms with Crippen molar-refractivity contribution in [3.8, 4) is 22.9 Å². The van der Waals surface area contributed by atoms with Crippen molar-refractivity contribution < 1.29 is 24.1 Å². The monoisotopic (exact) mass is 488 g/mol. The lowest BCUT2D eigenvalue weighted by molar-refractivity contribution is -0.115. The van der Waals surface area contributed by atoms with Gasteiger partial charge in [0.05, 0.1) is 30.1 Å². The van der Waals surface area contributed by atoms with Crippen LogP contribution in [-0.2, 0) is 28.6 Å². The third-order valence-electron chi connectivity index (χ3n) is 5.56. The number of nitrogens with zero attached hydrogens (tertiary/aromatic N) is 2. The average molecular weight is 489 g/mol. The number of carbonyl (C=O) groups excluding carboxylic acids is 1. The Morgan fingerprint density at radius 2 is 1.85 bits per heavy atom. The standard InChI is InChI=1S/C21H17ClN2O6.2C2H6/c1-28-8-14-11(17(26)7-25)2-16-20-13(6-24(16)21(14)27)12(5-22)10-3-18-19(30-9-29-18)4-15(10)23-20;2*1-2/h2-4,7,17,26H,5-6,8-9H2,1H3;2*1-2H3. The molecule has 5 rings (SSSR count). The molecule has 1 unspecified atom stereocenters. The van der Waals surface area contributed by atoms with Crippen LogP contribution < -0.4 is 15.0 Å². The van der Waals surface area contributed by atoms with Crippen LogP contribution in [0.25, 0.3) is 22.3 Å². The lowest BCUT2D eigenvalue weighted by Gasteiger charge is -2.14. The van der Waals surface area contributed by atoms with Crippen LogP contribution in [0.5, 0.6) is 11.5 Å². The van der Waals surface area contributed by atoms with Gasteiger partial charge in [0, 0.05) is 41.1 Å².